The van der Waals surface area contributed by atoms with Crippen LogP contribution in [0.4, 0.5) is 11.4 Å². The molecule has 3 aromatic carbocycles. The number of carbonyl (C=O) groups is 2. The van der Waals surface area contributed by atoms with E-state index >= 15 is 0 Å². The minimum atomic E-state index is -0.375. The lowest BCUT2D eigenvalue weighted by atomic mass is 9.80. The predicted octanol–water partition coefficient (Wildman–Crippen LogP) is 5.88. The van der Waals surface area contributed by atoms with E-state index in [9.17, 15) is 9.59 Å². The molecule has 1 aliphatic carbocycles. The van der Waals surface area contributed by atoms with Crippen molar-refractivity contribution in [2.75, 3.05) is 38.4 Å². The first-order valence-electron chi connectivity index (χ1n) is 16.5. The fraction of sp³-hybridized carbons (Fsp3) is 0.308. The summed E-state index contributed by atoms with van der Waals surface area (Å²) in [5.41, 5.74) is 15.5. The van der Waals surface area contributed by atoms with E-state index in [1.807, 2.05) is 49.4 Å². The Morgan fingerprint density at radius 2 is 1.94 bits per heavy atom. The molecular weight excluding hydrogens is 618 g/mol. The molecule has 3 aromatic rings. The van der Waals surface area contributed by atoms with Crippen molar-refractivity contribution < 1.29 is 23.8 Å². The summed E-state index contributed by atoms with van der Waals surface area (Å²) in [7, 11) is 3.47. The van der Waals surface area contributed by atoms with Gasteiger partial charge in [0.15, 0.2) is 0 Å². The van der Waals surface area contributed by atoms with Gasteiger partial charge in [0.2, 0.25) is 0 Å². The second kappa shape index (κ2) is 16.8. The van der Waals surface area contributed by atoms with Crippen molar-refractivity contribution in [3.8, 4) is 0 Å². The van der Waals surface area contributed by atoms with E-state index in [4.69, 9.17) is 25.7 Å². The summed E-state index contributed by atoms with van der Waals surface area (Å²) in [6.45, 7) is 3.38. The van der Waals surface area contributed by atoms with Crippen LogP contribution in [0.2, 0.25) is 0 Å². The standard InChI is InChI=1S/C39H45N5O5/c1-25(11-13-29(22-40)38(45)44-34-10-5-4-9-33(34)41)23-43-39(46)31-8-6-7-27-19-26(12-14-30(27)31)24-49-36-15-17-42-35-20-28(16-18-47-2)37(48-3)21-32(35)36/h4-15,17,19-20,22,25,28,32,37H,16,18,21,23-24,40-41H2,1-3H3,(H,43,46)(H,44,45)/b13-11-,29-22+. The molecule has 0 aromatic heterocycles. The van der Waals surface area contributed by atoms with Crippen LogP contribution in [0.3, 0.4) is 0 Å². The zero-order valence-electron chi connectivity index (χ0n) is 28.2. The van der Waals surface area contributed by atoms with Gasteiger partial charge in [0, 0.05) is 57.0 Å². The molecule has 0 fully saturated rings. The number of benzene rings is 3. The van der Waals surface area contributed by atoms with Gasteiger partial charge < -0.3 is 36.3 Å². The lowest BCUT2D eigenvalue weighted by Gasteiger charge is -2.35. The smallest absolute Gasteiger partial charge is 0.257 e. The lowest BCUT2D eigenvalue weighted by molar-refractivity contribution is -0.112. The van der Waals surface area contributed by atoms with E-state index in [1.165, 1.54) is 6.20 Å². The zero-order valence-corrected chi connectivity index (χ0v) is 28.2. The highest BCUT2D eigenvalue weighted by Crippen LogP contribution is 2.39. The molecule has 2 aliphatic rings. The van der Waals surface area contributed by atoms with Gasteiger partial charge in [-0.2, -0.15) is 0 Å². The fourth-order valence-corrected chi connectivity index (χ4v) is 6.11. The van der Waals surface area contributed by atoms with Crippen LogP contribution < -0.4 is 22.1 Å². The number of anilines is 2. The number of aliphatic imine (C=N–C) groups is 1. The molecule has 256 valence electrons. The molecule has 49 heavy (non-hydrogen) atoms. The Labute approximate surface area is 287 Å². The van der Waals surface area contributed by atoms with Gasteiger partial charge in [-0.15, -0.1) is 0 Å². The van der Waals surface area contributed by atoms with Crippen molar-refractivity contribution in [3.63, 3.8) is 0 Å². The molecule has 2 amide bonds. The number of allylic oxidation sites excluding steroid dienone is 1. The van der Waals surface area contributed by atoms with Crippen molar-refractivity contribution >= 4 is 40.2 Å². The Bertz CT molecular complexity index is 1810. The summed E-state index contributed by atoms with van der Waals surface area (Å²) >= 11 is 0. The monoisotopic (exact) mass is 663 g/mol. The van der Waals surface area contributed by atoms with Crippen molar-refractivity contribution in [3.05, 3.63) is 119 Å². The van der Waals surface area contributed by atoms with E-state index in [0.29, 0.717) is 36.7 Å². The number of nitrogen functional groups attached to an aromatic ring is 1. The molecule has 0 spiro atoms. The maximum atomic E-state index is 13.3. The number of nitrogens with zero attached hydrogens (tertiary/aromatic N) is 1. The third-order valence-electron chi connectivity index (χ3n) is 8.89. The number of fused-ring (bicyclic) bond motifs is 2. The topological polar surface area (TPSA) is 150 Å². The third kappa shape index (κ3) is 8.84. The van der Waals surface area contributed by atoms with E-state index in [2.05, 4.69) is 27.8 Å². The Balaban J connectivity index is 1.17. The van der Waals surface area contributed by atoms with Crippen LogP contribution >= 0.6 is 0 Å². The van der Waals surface area contributed by atoms with Gasteiger partial charge in [-0.1, -0.05) is 61.5 Å². The molecule has 0 saturated carbocycles. The van der Waals surface area contributed by atoms with Crippen LogP contribution in [0.15, 0.2) is 113 Å². The van der Waals surface area contributed by atoms with Crippen LogP contribution in [0.25, 0.3) is 10.8 Å². The first kappa shape index (κ1) is 35.1. The molecule has 6 N–H and O–H groups in total. The largest absolute Gasteiger partial charge is 0.492 e. The average molecular weight is 664 g/mol. The van der Waals surface area contributed by atoms with E-state index in [0.717, 1.165) is 40.6 Å². The Hall–Kier alpha value is -5.19. The van der Waals surface area contributed by atoms with Crippen molar-refractivity contribution in [2.45, 2.75) is 32.5 Å². The van der Waals surface area contributed by atoms with Gasteiger partial charge in [-0.05, 0) is 65.4 Å². The van der Waals surface area contributed by atoms with Crippen LogP contribution in [0.1, 0.15) is 35.7 Å². The van der Waals surface area contributed by atoms with Crippen molar-refractivity contribution in [1.29, 1.82) is 0 Å². The number of para-hydroxylation sites is 2. The van der Waals surface area contributed by atoms with Gasteiger partial charge in [-0.25, -0.2) is 0 Å². The SMILES string of the molecule is COCCC1C=C2N=CC=C(OCc3ccc4c(C(=O)NCC(C)/C=C\C(=C/N)C(=O)Nc5ccccc5N)cccc4c3)C2CC1OC. The normalized spacial score (nSPS) is 19.6. The molecule has 0 radical (unpaired) electrons. The zero-order chi connectivity index (χ0) is 34.8. The predicted molar refractivity (Wildman–Crippen MR) is 195 cm³/mol. The van der Waals surface area contributed by atoms with Gasteiger partial charge in [0.1, 0.15) is 12.4 Å². The number of dihydropyridines is 1. The number of carbonyl (C=O) groups excluding carboxylic acids is 2. The second-order valence-corrected chi connectivity index (χ2v) is 12.3. The minimum absolute atomic E-state index is 0.0467. The van der Waals surface area contributed by atoms with Crippen LogP contribution in [0.5, 0.6) is 0 Å². The first-order valence-corrected chi connectivity index (χ1v) is 16.5. The maximum Gasteiger partial charge on any atom is 0.257 e. The molecule has 10 heteroatoms. The third-order valence-corrected chi connectivity index (χ3v) is 8.89. The van der Waals surface area contributed by atoms with E-state index in [-0.39, 0.29) is 41.2 Å². The van der Waals surface area contributed by atoms with Crippen LogP contribution in [0, 0.1) is 17.8 Å². The number of ether oxygens (including phenoxy) is 3. The van der Waals surface area contributed by atoms with Crippen LogP contribution in [-0.2, 0) is 25.6 Å². The van der Waals surface area contributed by atoms with Crippen molar-refractivity contribution in [1.82, 2.24) is 5.32 Å². The van der Waals surface area contributed by atoms with Crippen molar-refractivity contribution in [2.24, 2.45) is 28.5 Å². The van der Waals surface area contributed by atoms with Gasteiger partial charge in [-0.3, -0.25) is 14.6 Å². The van der Waals surface area contributed by atoms with E-state index < -0.39 is 0 Å². The molecule has 0 saturated heterocycles. The molecule has 1 heterocycles. The summed E-state index contributed by atoms with van der Waals surface area (Å²) < 4.78 is 17.5. The highest BCUT2D eigenvalue weighted by atomic mass is 16.5. The molecular formula is C39H45N5O5. The second-order valence-electron chi connectivity index (χ2n) is 12.3. The molecule has 5 rings (SSSR count). The minimum Gasteiger partial charge on any atom is -0.492 e. The number of methoxy groups -OCH3 is 2. The fourth-order valence-electron chi connectivity index (χ4n) is 6.11. The summed E-state index contributed by atoms with van der Waals surface area (Å²) in [4.78, 5) is 30.6. The highest BCUT2D eigenvalue weighted by molar-refractivity contribution is 6.08. The number of amides is 2. The van der Waals surface area contributed by atoms with Gasteiger partial charge in [0.25, 0.3) is 11.8 Å². The number of nitrogens with one attached hydrogen (secondary N) is 2. The summed E-state index contributed by atoms with van der Waals surface area (Å²) in [6, 6.07) is 18.7. The van der Waals surface area contributed by atoms with Gasteiger partial charge in [0.05, 0.1) is 29.0 Å². The Kier molecular flexibility index (Phi) is 12.0. The number of hydrogen-bond donors (Lipinski definition) is 4. The Morgan fingerprint density at radius 1 is 1.10 bits per heavy atom. The summed E-state index contributed by atoms with van der Waals surface area (Å²) in [5, 5.41) is 7.58. The number of rotatable bonds is 14. The van der Waals surface area contributed by atoms with Crippen LogP contribution in [-0.4, -0.2) is 51.5 Å². The maximum absolute atomic E-state index is 13.3. The average Bonchev–Trinajstić information content (AvgIpc) is 3.12. The molecule has 4 atom stereocenters. The van der Waals surface area contributed by atoms with Gasteiger partial charge >= 0.3 is 0 Å². The lowest BCUT2D eigenvalue weighted by Crippen LogP contribution is -2.32. The molecule has 4 unspecified atom stereocenters. The van der Waals surface area contributed by atoms with E-state index in [1.54, 1.807) is 50.8 Å². The highest BCUT2D eigenvalue weighted by Gasteiger charge is 2.35. The quantitative estimate of drug-likeness (QED) is 0.0956. The number of nitrogens with two attached hydrogens (primary N) is 2. The first-order chi connectivity index (χ1) is 23.8. The molecule has 10 nitrogen and oxygen atoms in total. The Morgan fingerprint density at radius 3 is 2.71 bits per heavy atom. The summed E-state index contributed by atoms with van der Waals surface area (Å²) in [6.07, 6.45) is 12.4. The summed E-state index contributed by atoms with van der Waals surface area (Å²) in [5.74, 6) is 0.549. The number of hydrogen-bond acceptors (Lipinski definition) is 8. The molecule has 1 aliphatic heterocycles. The molecule has 0 bridgehead atoms.